The maximum absolute atomic E-state index is 11.1. The molecule has 0 saturated heterocycles. The van der Waals surface area contributed by atoms with Crippen LogP contribution in [0.3, 0.4) is 0 Å². The summed E-state index contributed by atoms with van der Waals surface area (Å²) in [5.41, 5.74) is 1.58. The SMILES string of the molecule is COc1ccccc1CCNc1ccc(C=O)cc1[N+](=O)[O-]. The number of nitro groups is 1. The number of hydrogen-bond donors (Lipinski definition) is 1. The van der Waals surface area contributed by atoms with Crippen molar-refractivity contribution in [3.8, 4) is 5.75 Å². The molecule has 114 valence electrons. The lowest BCUT2D eigenvalue weighted by atomic mass is 10.1. The Morgan fingerprint density at radius 3 is 2.73 bits per heavy atom. The van der Waals surface area contributed by atoms with Crippen molar-refractivity contribution in [2.45, 2.75) is 6.42 Å². The van der Waals surface area contributed by atoms with E-state index in [9.17, 15) is 14.9 Å². The van der Waals surface area contributed by atoms with Gasteiger partial charge in [-0.2, -0.15) is 0 Å². The first kappa shape index (κ1) is 15.5. The molecule has 0 aliphatic carbocycles. The van der Waals surface area contributed by atoms with Crippen LogP contribution in [0.15, 0.2) is 42.5 Å². The zero-order chi connectivity index (χ0) is 15.9. The lowest BCUT2D eigenvalue weighted by molar-refractivity contribution is -0.384. The largest absolute Gasteiger partial charge is 0.496 e. The first-order valence-electron chi connectivity index (χ1n) is 6.75. The summed E-state index contributed by atoms with van der Waals surface area (Å²) in [5.74, 6) is 0.787. The predicted octanol–water partition coefficient (Wildman–Crippen LogP) is 3.07. The van der Waals surface area contributed by atoms with Gasteiger partial charge in [0.15, 0.2) is 0 Å². The summed E-state index contributed by atoms with van der Waals surface area (Å²) in [7, 11) is 1.61. The number of rotatable bonds is 7. The summed E-state index contributed by atoms with van der Waals surface area (Å²) < 4.78 is 5.27. The van der Waals surface area contributed by atoms with Gasteiger partial charge in [0.2, 0.25) is 0 Å². The van der Waals surface area contributed by atoms with Crippen molar-refractivity contribution >= 4 is 17.7 Å². The highest BCUT2D eigenvalue weighted by Gasteiger charge is 2.14. The predicted molar refractivity (Wildman–Crippen MR) is 83.7 cm³/mol. The molecule has 0 amide bonds. The lowest BCUT2D eigenvalue weighted by Crippen LogP contribution is -2.08. The van der Waals surface area contributed by atoms with Gasteiger partial charge < -0.3 is 10.1 Å². The molecule has 0 radical (unpaired) electrons. The zero-order valence-corrected chi connectivity index (χ0v) is 12.1. The molecule has 2 aromatic rings. The molecule has 0 saturated carbocycles. The minimum Gasteiger partial charge on any atom is -0.496 e. The average Bonchev–Trinajstić information content (AvgIpc) is 2.55. The Bertz CT molecular complexity index is 686. The molecular formula is C16H16N2O4. The van der Waals surface area contributed by atoms with Gasteiger partial charge in [0.05, 0.1) is 12.0 Å². The molecule has 0 aliphatic rings. The molecule has 6 heteroatoms. The van der Waals surface area contributed by atoms with Gasteiger partial charge in [-0.3, -0.25) is 14.9 Å². The second-order valence-electron chi connectivity index (χ2n) is 4.64. The summed E-state index contributed by atoms with van der Waals surface area (Å²) in [6.45, 7) is 0.516. The Hall–Kier alpha value is -2.89. The number of benzene rings is 2. The van der Waals surface area contributed by atoms with Crippen molar-refractivity contribution in [2.75, 3.05) is 19.0 Å². The summed E-state index contributed by atoms with van der Waals surface area (Å²) in [6, 6.07) is 12.0. The molecule has 0 atom stereocenters. The normalized spacial score (nSPS) is 10.0. The van der Waals surface area contributed by atoms with Crippen molar-refractivity contribution in [3.05, 3.63) is 63.7 Å². The monoisotopic (exact) mass is 300 g/mol. The van der Waals surface area contributed by atoms with Gasteiger partial charge in [-0.1, -0.05) is 18.2 Å². The van der Waals surface area contributed by atoms with Crippen LogP contribution in [-0.2, 0) is 6.42 Å². The van der Waals surface area contributed by atoms with Crippen molar-refractivity contribution in [2.24, 2.45) is 0 Å². The van der Waals surface area contributed by atoms with E-state index in [-0.39, 0.29) is 11.3 Å². The highest BCUT2D eigenvalue weighted by molar-refractivity contribution is 5.79. The fraction of sp³-hybridized carbons (Fsp3) is 0.188. The first-order chi connectivity index (χ1) is 10.7. The Balaban J connectivity index is 2.08. The van der Waals surface area contributed by atoms with E-state index < -0.39 is 4.92 Å². The van der Waals surface area contributed by atoms with Crippen LogP contribution >= 0.6 is 0 Å². The van der Waals surface area contributed by atoms with Gasteiger partial charge in [-0.05, 0) is 30.2 Å². The van der Waals surface area contributed by atoms with Crippen LogP contribution in [-0.4, -0.2) is 24.9 Å². The van der Waals surface area contributed by atoms with E-state index in [4.69, 9.17) is 4.74 Å². The van der Waals surface area contributed by atoms with Gasteiger partial charge in [0.1, 0.15) is 17.7 Å². The number of nitrogens with one attached hydrogen (secondary N) is 1. The van der Waals surface area contributed by atoms with Crippen LogP contribution in [0.4, 0.5) is 11.4 Å². The van der Waals surface area contributed by atoms with Crippen molar-refractivity contribution in [3.63, 3.8) is 0 Å². The third kappa shape index (κ3) is 3.60. The third-order valence-electron chi connectivity index (χ3n) is 3.26. The number of nitrogens with zero attached hydrogens (tertiary/aromatic N) is 1. The number of carbonyl (C=O) groups is 1. The fourth-order valence-electron chi connectivity index (χ4n) is 2.16. The standard InChI is InChI=1S/C16H16N2O4/c1-22-16-5-3-2-4-13(16)8-9-17-14-7-6-12(11-19)10-15(14)18(20)21/h2-7,10-11,17H,8-9H2,1H3. The minimum atomic E-state index is -0.502. The van der Waals surface area contributed by atoms with E-state index >= 15 is 0 Å². The second kappa shape index (κ2) is 7.21. The molecule has 0 unspecified atom stereocenters. The van der Waals surface area contributed by atoms with Crippen LogP contribution in [0.25, 0.3) is 0 Å². The number of anilines is 1. The quantitative estimate of drug-likeness (QED) is 0.483. The van der Waals surface area contributed by atoms with Crippen LogP contribution < -0.4 is 10.1 Å². The highest BCUT2D eigenvalue weighted by Crippen LogP contribution is 2.25. The summed E-state index contributed by atoms with van der Waals surface area (Å²) >= 11 is 0. The van der Waals surface area contributed by atoms with Gasteiger partial charge in [0, 0.05) is 18.2 Å². The molecule has 0 aliphatic heterocycles. The van der Waals surface area contributed by atoms with Gasteiger partial charge in [0.25, 0.3) is 5.69 Å². The first-order valence-corrected chi connectivity index (χ1v) is 6.75. The van der Waals surface area contributed by atoms with Crippen molar-refractivity contribution in [1.29, 1.82) is 0 Å². The number of para-hydroxylation sites is 1. The molecular weight excluding hydrogens is 284 g/mol. The van der Waals surface area contributed by atoms with Crippen LogP contribution in [0.1, 0.15) is 15.9 Å². The van der Waals surface area contributed by atoms with Crippen molar-refractivity contribution in [1.82, 2.24) is 0 Å². The smallest absolute Gasteiger partial charge is 0.293 e. The Labute approximate surface area is 127 Å². The molecule has 1 N–H and O–H groups in total. The minimum absolute atomic E-state index is 0.107. The number of ether oxygens (including phenoxy) is 1. The number of aldehydes is 1. The molecule has 2 aromatic carbocycles. The zero-order valence-electron chi connectivity index (χ0n) is 12.1. The van der Waals surface area contributed by atoms with E-state index in [1.807, 2.05) is 24.3 Å². The summed E-state index contributed by atoms with van der Waals surface area (Å²) in [5, 5.41) is 14.1. The van der Waals surface area contributed by atoms with E-state index in [1.165, 1.54) is 6.07 Å². The maximum atomic E-state index is 11.1. The molecule has 22 heavy (non-hydrogen) atoms. The number of carbonyl (C=O) groups excluding carboxylic acids is 1. The van der Waals surface area contributed by atoms with E-state index in [1.54, 1.807) is 19.2 Å². The van der Waals surface area contributed by atoms with E-state index in [0.717, 1.165) is 11.3 Å². The summed E-state index contributed by atoms with van der Waals surface area (Å²) in [4.78, 5) is 21.3. The number of nitro benzene ring substituents is 1. The topological polar surface area (TPSA) is 81.5 Å². The number of methoxy groups -OCH3 is 1. The van der Waals surface area contributed by atoms with Gasteiger partial charge in [-0.25, -0.2) is 0 Å². The number of hydrogen-bond acceptors (Lipinski definition) is 5. The average molecular weight is 300 g/mol. The maximum Gasteiger partial charge on any atom is 0.293 e. The van der Waals surface area contributed by atoms with Crippen LogP contribution in [0.2, 0.25) is 0 Å². The fourth-order valence-corrected chi connectivity index (χ4v) is 2.16. The lowest BCUT2D eigenvalue weighted by Gasteiger charge is -2.10. The Morgan fingerprint density at radius 2 is 2.05 bits per heavy atom. The van der Waals surface area contributed by atoms with Gasteiger partial charge in [-0.15, -0.1) is 0 Å². The Kier molecular flexibility index (Phi) is 5.08. The Morgan fingerprint density at radius 1 is 1.27 bits per heavy atom. The van der Waals surface area contributed by atoms with Gasteiger partial charge >= 0.3 is 0 Å². The van der Waals surface area contributed by atoms with Crippen LogP contribution in [0, 0.1) is 10.1 Å². The molecule has 0 heterocycles. The van der Waals surface area contributed by atoms with Crippen molar-refractivity contribution < 1.29 is 14.5 Å². The molecule has 2 rings (SSSR count). The molecule has 0 bridgehead atoms. The van der Waals surface area contributed by atoms with E-state index in [2.05, 4.69) is 5.32 Å². The van der Waals surface area contributed by atoms with Crippen LogP contribution in [0.5, 0.6) is 5.75 Å². The summed E-state index contributed by atoms with van der Waals surface area (Å²) in [6.07, 6.45) is 1.25. The third-order valence-corrected chi connectivity index (χ3v) is 3.26. The highest BCUT2D eigenvalue weighted by atomic mass is 16.6. The molecule has 0 spiro atoms. The molecule has 0 aromatic heterocycles. The second-order valence-corrected chi connectivity index (χ2v) is 4.64. The molecule has 0 fully saturated rings. The molecule has 6 nitrogen and oxygen atoms in total. The van der Waals surface area contributed by atoms with E-state index in [0.29, 0.717) is 24.9 Å².